The number of Topliss-reactive ketones (excluding diaryl/α,β-unsaturated/α-hetero) is 1. The van der Waals surface area contributed by atoms with Crippen molar-refractivity contribution < 1.29 is 4.79 Å². The van der Waals surface area contributed by atoms with Gasteiger partial charge in [0.1, 0.15) is 5.82 Å². The Hall–Kier alpha value is -1.42. The first-order chi connectivity index (χ1) is 6.97. The molecule has 4 N–H and O–H groups in total. The molecule has 82 valence electrons. The van der Waals surface area contributed by atoms with Crippen LogP contribution < -0.4 is 11.5 Å². The first-order valence-corrected chi connectivity index (χ1v) is 4.99. The molecule has 0 bridgehead atoms. The number of nitrogens with two attached hydrogens (primary N) is 2. The van der Waals surface area contributed by atoms with Gasteiger partial charge in [0.15, 0.2) is 5.78 Å². The van der Waals surface area contributed by atoms with Crippen molar-refractivity contribution in [3.05, 3.63) is 23.9 Å². The molecule has 0 amide bonds. The van der Waals surface area contributed by atoms with Crippen LogP contribution in [0.1, 0.15) is 25.8 Å². The molecule has 0 spiro atoms. The molecule has 1 aromatic rings. The van der Waals surface area contributed by atoms with Gasteiger partial charge in [0.05, 0.1) is 5.54 Å². The molecular formula is C11H17N3O. The minimum Gasteiger partial charge on any atom is -0.383 e. The van der Waals surface area contributed by atoms with Gasteiger partial charge in [0, 0.05) is 18.2 Å². The molecule has 1 aromatic heterocycles. The number of nitrogen functional groups attached to an aromatic ring is 1. The van der Waals surface area contributed by atoms with E-state index < -0.39 is 5.54 Å². The van der Waals surface area contributed by atoms with E-state index in [1.54, 1.807) is 25.3 Å². The van der Waals surface area contributed by atoms with E-state index in [9.17, 15) is 4.79 Å². The summed E-state index contributed by atoms with van der Waals surface area (Å²) >= 11 is 0. The van der Waals surface area contributed by atoms with Gasteiger partial charge in [-0.2, -0.15) is 0 Å². The van der Waals surface area contributed by atoms with Gasteiger partial charge >= 0.3 is 0 Å². The van der Waals surface area contributed by atoms with Crippen molar-refractivity contribution in [3.63, 3.8) is 0 Å². The molecule has 1 rings (SSSR count). The van der Waals surface area contributed by atoms with Crippen LogP contribution in [0.25, 0.3) is 0 Å². The van der Waals surface area contributed by atoms with Gasteiger partial charge in [-0.15, -0.1) is 0 Å². The van der Waals surface area contributed by atoms with E-state index >= 15 is 0 Å². The lowest BCUT2D eigenvalue weighted by Crippen LogP contribution is -2.45. The number of carbonyl (C=O) groups excluding carboxylic acids is 1. The summed E-state index contributed by atoms with van der Waals surface area (Å²) in [6.45, 7) is 3.63. The van der Waals surface area contributed by atoms with Gasteiger partial charge in [0.2, 0.25) is 0 Å². The van der Waals surface area contributed by atoms with Crippen LogP contribution in [0.3, 0.4) is 0 Å². The molecule has 4 nitrogen and oxygen atoms in total. The summed E-state index contributed by atoms with van der Waals surface area (Å²) in [4.78, 5) is 15.7. The van der Waals surface area contributed by atoms with Crippen LogP contribution in [0.15, 0.2) is 18.3 Å². The monoisotopic (exact) mass is 207 g/mol. The molecule has 0 radical (unpaired) electrons. The minimum absolute atomic E-state index is 0.00954. The Morgan fingerprint density at radius 2 is 2.27 bits per heavy atom. The topological polar surface area (TPSA) is 82.0 Å². The minimum atomic E-state index is -0.776. The highest BCUT2D eigenvalue weighted by molar-refractivity contribution is 5.90. The van der Waals surface area contributed by atoms with E-state index in [1.165, 1.54) is 0 Å². The Bertz CT molecular complexity index is 361. The van der Waals surface area contributed by atoms with Gasteiger partial charge < -0.3 is 11.5 Å². The maximum atomic E-state index is 11.8. The van der Waals surface area contributed by atoms with Crippen molar-refractivity contribution in [2.45, 2.75) is 32.2 Å². The number of rotatable bonds is 4. The van der Waals surface area contributed by atoms with E-state index in [0.29, 0.717) is 12.2 Å². The molecule has 0 aliphatic heterocycles. The van der Waals surface area contributed by atoms with E-state index in [-0.39, 0.29) is 12.2 Å². The lowest BCUT2D eigenvalue weighted by Gasteiger charge is -2.20. The fraction of sp³-hybridized carbons (Fsp3) is 0.455. The summed E-state index contributed by atoms with van der Waals surface area (Å²) in [6, 6.07) is 3.56. The summed E-state index contributed by atoms with van der Waals surface area (Å²) in [5.74, 6) is 0.391. The van der Waals surface area contributed by atoms with E-state index in [4.69, 9.17) is 11.5 Å². The summed E-state index contributed by atoms with van der Waals surface area (Å²) in [5.41, 5.74) is 11.5. The van der Waals surface area contributed by atoms with Gasteiger partial charge in [-0.05, 0) is 19.4 Å². The lowest BCUT2D eigenvalue weighted by molar-refractivity contribution is -0.123. The average molecular weight is 207 g/mol. The standard InChI is InChI=1S/C11H17N3O/c1-3-11(2,13)9(15)7-8-5-4-6-14-10(8)12/h4-6H,3,7,13H2,1-2H3,(H2,12,14). The maximum absolute atomic E-state index is 11.8. The first-order valence-electron chi connectivity index (χ1n) is 4.99. The summed E-state index contributed by atoms with van der Waals surface area (Å²) in [5, 5.41) is 0. The van der Waals surface area contributed by atoms with E-state index in [1.807, 2.05) is 6.92 Å². The number of hydrogen-bond acceptors (Lipinski definition) is 4. The van der Waals surface area contributed by atoms with Crippen LogP contribution in [-0.2, 0) is 11.2 Å². The molecule has 0 saturated heterocycles. The first kappa shape index (κ1) is 11.7. The molecule has 1 heterocycles. The SMILES string of the molecule is CCC(C)(N)C(=O)Cc1cccnc1N. The molecule has 0 aliphatic carbocycles. The Morgan fingerprint density at radius 3 is 2.80 bits per heavy atom. The molecule has 0 fully saturated rings. The largest absolute Gasteiger partial charge is 0.383 e. The highest BCUT2D eigenvalue weighted by atomic mass is 16.1. The highest BCUT2D eigenvalue weighted by Gasteiger charge is 2.26. The second-order valence-corrected chi connectivity index (χ2v) is 3.92. The van der Waals surface area contributed by atoms with Crippen LogP contribution in [0.2, 0.25) is 0 Å². The number of pyridine rings is 1. The van der Waals surface area contributed by atoms with Crippen molar-refractivity contribution in [2.75, 3.05) is 5.73 Å². The highest BCUT2D eigenvalue weighted by Crippen LogP contribution is 2.14. The average Bonchev–Trinajstić information content (AvgIpc) is 2.21. The lowest BCUT2D eigenvalue weighted by atomic mass is 9.90. The zero-order valence-electron chi connectivity index (χ0n) is 9.16. The fourth-order valence-corrected chi connectivity index (χ4v) is 1.17. The number of aromatic nitrogens is 1. The zero-order valence-corrected chi connectivity index (χ0v) is 9.16. The van der Waals surface area contributed by atoms with Crippen LogP contribution in [0.4, 0.5) is 5.82 Å². The molecule has 1 unspecified atom stereocenters. The third kappa shape index (κ3) is 2.76. The number of carbonyl (C=O) groups is 1. The summed E-state index contributed by atoms with van der Waals surface area (Å²) in [6.07, 6.45) is 2.47. The molecule has 0 aliphatic rings. The third-order valence-electron chi connectivity index (χ3n) is 2.65. The van der Waals surface area contributed by atoms with Crippen molar-refractivity contribution in [3.8, 4) is 0 Å². The predicted octanol–water partition coefficient (Wildman–Crippen LogP) is 0.903. The third-order valence-corrected chi connectivity index (χ3v) is 2.65. The van der Waals surface area contributed by atoms with Crippen LogP contribution in [-0.4, -0.2) is 16.3 Å². The predicted molar refractivity (Wildman–Crippen MR) is 60.2 cm³/mol. The molecule has 0 saturated carbocycles. The quantitative estimate of drug-likeness (QED) is 0.768. The number of ketones is 1. The molecule has 4 heteroatoms. The van der Waals surface area contributed by atoms with Crippen molar-refractivity contribution in [1.29, 1.82) is 0 Å². The van der Waals surface area contributed by atoms with Gasteiger partial charge in [-0.3, -0.25) is 4.79 Å². The second-order valence-electron chi connectivity index (χ2n) is 3.92. The Kier molecular flexibility index (Phi) is 3.42. The molecule has 15 heavy (non-hydrogen) atoms. The normalized spacial score (nSPS) is 14.6. The van der Waals surface area contributed by atoms with Crippen LogP contribution in [0, 0.1) is 0 Å². The second kappa shape index (κ2) is 4.40. The smallest absolute Gasteiger partial charge is 0.156 e. The maximum Gasteiger partial charge on any atom is 0.156 e. The van der Waals surface area contributed by atoms with Crippen LogP contribution >= 0.6 is 0 Å². The van der Waals surface area contributed by atoms with Crippen molar-refractivity contribution in [1.82, 2.24) is 4.98 Å². The van der Waals surface area contributed by atoms with Gasteiger partial charge in [-0.25, -0.2) is 4.98 Å². The number of nitrogens with zero attached hydrogens (tertiary/aromatic N) is 1. The fourth-order valence-electron chi connectivity index (χ4n) is 1.17. The van der Waals surface area contributed by atoms with Crippen LogP contribution in [0.5, 0.6) is 0 Å². The van der Waals surface area contributed by atoms with Crippen molar-refractivity contribution in [2.24, 2.45) is 5.73 Å². The Balaban J connectivity index is 2.80. The van der Waals surface area contributed by atoms with Gasteiger partial charge in [0.25, 0.3) is 0 Å². The number of anilines is 1. The van der Waals surface area contributed by atoms with Crippen molar-refractivity contribution >= 4 is 11.6 Å². The summed E-state index contributed by atoms with van der Waals surface area (Å²) < 4.78 is 0. The summed E-state index contributed by atoms with van der Waals surface area (Å²) in [7, 11) is 0. The van der Waals surface area contributed by atoms with E-state index in [2.05, 4.69) is 4.98 Å². The molecule has 0 aromatic carbocycles. The van der Waals surface area contributed by atoms with Gasteiger partial charge in [-0.1, -0.05) is 13.0 Å². The molecular weight excluding hydrogens is 190 g/mol. The Labute approximate surface area is 89.7 Å². The molecule has 1 atom stereocenters. The number of hydrogen-bond donors (Lipinski definition) is 2. The van der Waals surface area contributed by atoms with E-state index in [0.717, 1.165) is 5.56 Å². The zero-order chi connectivity index (χ0) is 11.5. The Morgan fingerprint density at radius 1 is 1.60 bits per heavy atom.